The number of anilines is 1. The lowest BCUT2D eigenvalue weighted by molar-refractivity contribution is 0.300. The topological polar surface area (TPSA) is 58.0 Å². The lowest BCUT2D eigenvalue weighted by Crippen LogP contribution is -2.05. The van der Waals surface area contributed by atoms with Gasteiger partial charge in [-0.05, 0) is 6.92 Å². The maximum absolute atomic E-state index is 8.93. The van der Waals surface area contributed by atoms with Crippen LogP contribution >= 0.6 is 11.8 Å². The van der Waals surface area contributed by atoms with Gasteiger partial charge in [0.2, 0.25) is 0 Å². The highest BCUT2D eigenvalue weighted by atomic mass is 32.2. The van der Waals surface area contributed by atoms with Crippen LogP contribution in [0, 0.1) is 6.92 Å². The summed E-state index contributed by atoms with van der Waals surface area (Å²) >= 11 is 1.56. The summed E-state index contributed by atoms with van der Waals surface area (Å²) in [5.74, 6) is 0.840. The Morgan fingerprint density at radius 1 is 1.57 bits per heavy atom. The molecule has 14 heavy (non-hydrogen) atoms. The zero-order valence-corrected chi connectivity index (χ0v) is 9.43. The predicted octanol–water partition coefficient (Wildman–Crippen LogP) is 1.30. The number of nitrogens with one attached hydrogen (secondary N) is 1. The minimum absolute atomic E-state index is 0.156. The Balaban J connectivity index is 2.86. The average molecular weight is 213 g/mol. The third kappa shape index (κ3) is 2.59. The van der Waals surface area contributed by atoms with E-state index in [0.717, 1.165) is 16.4 Å². The molecule has 0 saturated heterocycles. The maximum Gasteiger partial charge on any atom is 0.133 e. The van der Waals surface area contributed by atoms with Crippen LogP contribution in [0.15, 0.2) is 11.4 Å². The summed E-state index contributed by atoms with van der Waals surface area (Å²) in [7, 11) is 1.83. The van der Waals surface area contributed by atoms with E-state index in [9.17, 15) is 0 Å². The molecule has 1 rings (SSSR count). The molecular weight excluding hydrogens is 198 g/mol. The van der Waals surface area contributed by atoms with Crippen molar-refractivity contribution < 1.29 is 5.11 Å². The molecule has 0 aliphatic heterocycles. The van der Waals surface area contributed by atoms with Gasteiger partial charge in [-0.1, -0.05) is 6.92 Å². The molecule has 2 N–H and O–H groups in total. The molecule has 0 amide bonds. The first-order valence-corrected chi connectivity index (χ1v) is 5.33. The number of rotatable bonds is 4. The zero-order valence-electron chi connectivity index (χ0n) is 8.61. The molecule has 0 aromatic carbocycles. The van der Waals surface area contributed by atoms with E-state index in [1.165, 1.54) is 6.33 Å². The summed E-state index contributed by atoms with van der Waals surface area (Å²) in [6.07, 6.45) is 1.53. The van der Waals surface area contributed by atoms with Gasteiger partial charge in [0.05, 0.1) is 6.61 Å². The number of aromatic nitrogens is 2. The van der Waals surface area contributed by atoms with E-state index in [4.69, 9.17) is 5.11 Å². The lowest BCUT2D eigenvalue weighted by Gasteiger charge is -2.11. The van der Waals surface area contributed by atoms with Gasteiger partial charge in [0.15, 0.2) is 0 Å². The highest BCUT2D eigenvalue weighted by Gasteiger charge is 2.09. The minimum atomic E-state index is 0.156. The monoisotopic (exact) mass is 213 g/mol. The van der Waals surface area contributed by atoms with Gasteiger partial charge in [0, 0.05) is 17.9 Å². The van der Waals surface area contributed by atoms with E-state index in [-0.39, 0.29) is 11.9 Å². The van der Waals surface area contributed by atoms with Crippen LogP contribution in [0.4, 0.5) is 5.82 Å². The summed E-state index contributed by atoms with van der Waals surface area (Å²) < 4.78 is 0. The fraction of sp³-hybridized carbons (Fsp3) is 0.556. The number of aliphatic hydroxyl groups excluding tert-OH is 1. The van der Waals surface area contributed by atoms with Crippen molar-refractivity contribution in [3.05, 3.63) is 11.9 Å². The van der Waals surface area contributed by atoms with Crippen molar-refractivity contribution in [2.45, 2.75) is 24.1 Å². The SMILES string of the molecule is CNc1ncnc(SC(C)CO)c1C. The van der Waals surface area contributed by atoms with Gasteiger partial charge < -0.3 is 10.4 Å². The Morgan fingerprint density at radius 3 is 2.86 bits per heavy atom. The zero-order chi connectivity index (χ0) is 10.6. The van der Waals surface area contributed by atoms with Crippen LogP contribution in [0.1, 0.15) is 12.5 Å². The van der Waals surface area contributed by atoms with Gasteiger partial charge in [-0.2, -0.15) is 0 Å². The first kappa shape index (κ1) is 11.3. The van der Waals surface area contributed by atoms with Crippen molar-refractivity contribution in [2.24, 2.45) is 0 Å². The minimum Gasteiger partial charge on any atom is -0.395 e. The third-order valence-electron chi connectivity index (χ3n) is 1.84. The van der Waals surface area contributed by atoms with E-state index < -0.39 is 0 Å². The number of aliphatic hydroxyl groups is 1. The van der Waals surface area contributed by atoms with Crippen LogP contribution in [0.5, 0.6) is 0 Å². The highest BCUT2D eigenvalue weighted by Crippen LogP contribution is 2.26. The largest absolute Gasteiger partial charge is 0.395 e. The van der Waals surface area contributed by atoms with Crippen molar-refractivity contribution in [2.75, 3.05) is 19.0 Å². The van der Waals surface area contributed by atoms with Crippen LogP contribution in [0.25, 0.3) is 0 Å². The predicted molar refractivity (Wildman–Crippen MR) is 58.7 cm³/mol. The van der Waals surface area contributed by atoms with E-state index >= 15 is 0 Å². The number of hydrogen-bond donors (Lipinski definition) is 2. The number of nitrogens with zero attached hydrogens (tertiary/aromatic N) is 2. The lowest BCUT2D eigenvalue weighted by atomic mass is 10.3. The number of thioether (sulfide) groups is 1. The molecule has 0 fully saturated rings. The number of hydrogen-bond acceptors (Lipinski definition) is 5. The standard InChI is InChI=1S/C9H15N3OS/c1-6(4-13)14-9-7(2)8(10-3)11-5-12-9/h5-6,13H,4H2,1-3H3,(H,10,11,12). The van der Waals surface area contributed by atoms with E-state index in [0.29, 0.717) is 0 Å². The smallest absolute Gasteiger partial charge is 0.133 e. The van der Waals surface area contributed by atoms with E-state index in [2.05, 4.69) is 15.3 Å². The summed E-state index contributed by atoms with van der Waals surface area (Å²) in [4.78, 5) is 8.27. The highest BCUT2D eigenvalue weighted by molar-refractivity contribution is 7.99. The van der Waals surface area contributed by atoms with Crippen LogP contribution in [-0.4, -0.2) is 34.0 Å². The molecule has 0 saturated carbocycles. The second-order valence-electron chi connectivity index (χ2n) is 3.01. The van der Waals surface area contributed by atoms with Crippen molar-refractivity contribution in [1.82, 2.24) is 9.97 Å². The Morgan fingerprint density at radius 2 is 2.29 bits per heavy atom. The molecular formula is C9H15N3OS. The van der Waals surface area contributed by atoms with Crippen molar-refractivity contribution in [3.8, 4) is 0 Å². The molecule has 1 heterocycles. The fourth-order valence-corrected chi connectivity index (χ4v) is 1.87. The third-order valence-corrected chi connectivity index (χ3v) is 3.03. The van der Waals surface area contributed by atoms with E-state index in [1.807, 2.05) is 20.9 Å². The van der Waals surface area contributed by atoms with Crippen LogP contribution in [0.2, 0.25) is 0 Å². The molecule has 0 bridgehead atoms. The molecule has 78 valence electrons. The van der Waals surface area contributed by atoms with Gasteiger partial charge in [-0.25, -0.2) is 9.97 Å². The Kier molecular flexibility index (Phi) is 4.16. The summed E-state index contributed by atoms with van der Waals surface area (Å²) in [6.45, 7) is 4.09. The second kappa shape index (κ2) is 5.17. The van der Waals surface area contributed by atoms with Gasteiger partial charge >= 0.3 is 0 Å². The fourth-order valence-electron chi connectivity index (χ4n) is 1.03. The first-order chi connectivity index (χ1) is 6.69. The quantitative estimate of drug-likeness (QED) is 0.583. The van der Waals surface area contributed by atoms with Gasteiger partial charge in [-0.3, -0.25) is 0 Å². The molecule has 0 aliphatic rings. The van der Waals surface area contributed by atoms with Gasteiger partial charge in [-0.15, -0.1) is 11.8 Å². The average Bonchev–Trinajstić information content (AvgIpc) is 2.21. The van der Waals surface area contributed by atoms with Crippen molar-refractivity contribution in [1.29, 1.82) is 0 Å². The molecule has 1 atom stereocenters. The molecule has 4 nitrogen and oxygen atoms in total. The van der Waals surface area contributed by atoms with Crippen molar-refractivity contribution in [3.63, 3.8) is 0 Å². The maximum atomic E-state index is 8.93. The normalized spacial score (nSPS) is 12.6. The second-order valence-corrected chi connectivity index (χ2v) is 4.44. The summed E-state index contributed by atoms with van der Waals surface area (Å²) in [5.41, 5.74) is 1.03. The Bertz CT molecular complexity index is 306. The first-order valence-electron chi connectivity index (χ1n) is 4.46. The molecule has 5 heteroatoms. The van der Waals surface area contributed by atoms with Gasteiger partial charge in [0.1, 0.15) is 17.2 Å². The summed E-state index contributed by atoms with van der Waals surface area (Å²) in [6, 6.07) is 0. The molecule has 1 aromatic rings. The Labute approximate surface area is 88.2 Å². The molecule has 0 radical (unpaired) electrons. The summed E-state index contributed by atoms with van der Waals surface area (Å²) in [5, 5.41) is 13.0. The molecule has 1 aromatic heterocycles. The van der Waals surface area contributed by atoms with Crippen LogP contribution in [-0.2, 0) is 0 Å². The molecule has 0 spiro atoms. The van der Waals surface area contributed by atoms with Crippen LogP contribution < -0.4 is 5.32 Å². The van der Waals surface area contributed by atoms with Gasteiger partial charge in [0.25, 0.3) is 0 Å². The molecule has 0 aliphatic carbocycles. The van der Waals surface area contributed by atoms with Crippen molar-refractivity contribution >= 4 is 17.6 Å². The van der Waals surface area contributed by atoms with Crippen LogP contribution in [0.3, 0.4) is 0 Å². The Hall–Kier alpha value is -0.810. The molecule has 1 unspecified atom stereocenters. The van der Waals surface area contributed by atoms with E-state index in [1.54, 1.807) is 11.8 Å².